The number of likely N-dealkylation sites (tertiary alicyclic amines) is 1. The molecule has 35 heavy (non-hydrogen) atoms. The highest BCUT2D eigenvalue weighted by atomic mass is 16.2. The molecule has 1 N–H and O–H groups in total. The van der Waals surface area contributed by atoms with Gasteiger partial charge in [-0.15, -0.1) is 0 Å². The molecule has 0 atom stereocenters. The lowest BCUT2D eigenvalue weighted by atomic mass is 9.81. The highest BCUT2D eigenvalue weighted by Gasteiger charge is 2.54. The second kappa shape index (κ2) is 10.1. The van der Waals surface area contributed by atoms with Crippen LogP contribution in [0.2, 0.25) is 0 Å². The molecule has 1 aliphatic carbocycles. The van der Waals surface area contributed by atoms with E-state index in [0.29, 0.717) is 39.1 Å². The fraction of sp³-hybridized carbons (Fsp3) is 0.464. The molecule has 7 heteroatoms. The van der Waals surface area contributed by atoms with Crippen molar-refractivity contribution in [3.05, 3.63) is 66.2 Å². The zero-order valence-corrected chi connectivity index (χ0v) is 20.2. The quantitative estimate of drug-likeness (QED) is 0.670. The standard InChI is InChI=1S/C28H34N4O3/c33-25(29-17-14-22-8-3-1-4-9-22)20-31-21-32(24-12-5-2-6-13-24)28(27(31)35)15-18-30(19-16-28)26(34)23-10-7-11-23/h1-6,8-9,12-13,23H,7,10-11,14-21H2,(H,29,33). The number of hydrogen-bond acceptors (Lipinski definition) is 4. The molecule has 2 heterocycles. The summed E-state index contributed by atoms with van der Waals surface area (Å²) in [6.07, 6.45) is 5.05. The molecular formula is C28H34N4O3. The molecule has 0 unspecified atom stereocenters. The van der Waals surface area contributed by atoms with Gasteiger partial charge in [0.25, 0.3) is 5.91 Å². The van der Waals surface area contributed by atoms with Gasteiger partial charge in [-0.1, -0.05) is 55.0 Å². The first-order valence-corrected chi connectivity index (χ1v) is 12.8. The first kappa shape index (κ1) is 23.4. The van der Waals surface area contributed by atoms with Crippen LogP contribution in [0, 0.1) is 5.92 Å². The SMILES string of the molecule is O=C(CN1CN(c2ccccc2)C2(CCN(C(=O)C3CCC3)CC2)C1=O)NCCc1ccccc1. The molecule has 184 valence electrons. The van der Waals surface area contributed by atoms with Crippen molar-refractivity contribution in [1.82, 2.24) is 15.1 Å². The number of amides is 3. The van der Waals surface area contributed by atoms with E-state index in [1.807, 2.05) is 65.6 Å². The van der Waals surface area contributed by atoms with Gasteiger partial charge in [0.05, 0.1) is 6.67 Å². The number of nitrogens with zero attached hydrogens (tertiary/aromatic N) is 3. The lowest BCUT2D eigenvalue weighted by molar-refractivity contribution is -0.143. The van der Waals surface area contributed by atoms with E-state index in [9.17, 15) is 14.4 Å². The van der Waals surface area contributed by atoms with Crippen LogP contribution in [0.25, 0.3) is 0 Å². The maximum absolute atomic E-state index is 13.8. The van der Waals surface area contributed by atoms with Gasteiger partial charge in [-0.25, -0.2) is 0 Å². The largest absolute Gasteiger partial charge is 0.354 e. The third-order valence-corrected chi connectivity index (χ3v) is 7.85. The second-order valence-electron chi connectivity index (χ2n) is 9.98. The summed E-state index contributed by atoms with van der Waals surface area (Å²) in [4.78, 5) is 45.1. The molecule has 3 amide bonds. The number of anilines is 1. The Kier molecular flexibility index (Phi) is 6.75. The number of piperidine rings is 1. The van der Waals surface area contributed by atoms with Crippen molar-refractivity contribution in [3.8, 4) is 0 Å². The highest BCUT2D eigenvalue weighted by molar-refractivity contribution is 5.96. The fourth-order valence-corrected chi connectivity index (χ4v) is 5.55. The minimum atomic E-state index is -0.706. The first-order chi connectivity index (χ1) is 17.1. The van der Waals surface area contributed by atoms with Crippen LogP contribution < -0.4 is 10.2 Å². The smallest absolute Gasteiger partial charge is 0.250 e. The summed E-state index contributed by atoms with van der Waals surface area (Å²) in [6.45, 7) is 2.13. The van der Waals surface area contributed by atoms with Gasteiger partial charge in [0.15, 0.2) is 0 Å². The van der Waals surface area contributed by atoms with Crippen molar-refractivity contribution in [2.45, 2.75) is 44.1 Å². The molecule has 0 bridgehead atoms. The number of carbonyl (C=O) groups is 3. The van der Waals surface area contributed by atoms with E-state index < -0.39 is 5.54 Å². The van der Waals surface area contributed by atoms with Crippen molar-refractivity contribution in [1.29, 1.82) is 0 Å². The number of hydrogen-bond donors (Lipinski definition) is 1. The monoisotopic (exact) mass is 474 g/mol. The van der Waals surface area contributed by atoms with Crippen LogP contribution in [0.15, 0.2) is 60.7 Å². The third kappa shape index (κ3) is 4.77. The number of carbonyl (C=O) groups excluding carboxylic acids is 3. The van der Waals surface area contributed by atoms with E-state index in [1.165, 1.54) is 5.56 Å². The zero-order chi connectivity index (χ0) is 24.3. The molecule has 2 saturated heterocycles. The van der Waals surface area contributed by atoms with Crippen molar-refractivity contribution >= 4 is 23.4 Å². The number of para-hydroxylation sites is 1. The molecule has 1 saturated carbocycles. The summed E-state index contributed by atoms with van der Waals surface area (Å²) < 4.78 is 0. The lowest BCUT2D eigenvalue weighted by Crippen LogP contribution is -2.58. The Labute approximate surface area is 207 Å². The van der Waals surface area contributed by atoms with E-state index in [2.05, 4.69) is 10.2 Å². The van der Waals surface area contributed by atoms with Gasteiger partial charge in [0.2, 0.25) is 11.8 Å². The maximum Gasteiger partial charge on any atom is 0.250 e. The maximum atomic E-state index is 13.8. The van der Waals surface area contributed by atoms with Gasteiger partial charge in [0.1, 0.15) is 12.1 Å². The predicted octanol–water partition coefficient (Wildman–Crippen LogP) is 2.81. The summed E-state index contributed by atoms with van der Waals surface area (Å²) in [7, 11) is 0. The summed E-state index contributed by atoms with van der Waals surface area (Å²) in [5, 5.41) is 2.97. The lowest BCUT2D eigenvalue weighted by Gasteiger charge is -2.44. The Bertz CT molecular complexity index is 1050. The third-order valence-electron chi connectivity index (χ3n) is 7.85. The Hall–Kier alpha value is -3.35. The first-order valence-electron chi connectivity index (χ1n) is 12.8. The van der Waals surface area contributed by atoms with Crippen LogP contribution in [0.3, 0.4) is 0 Å². The molecule has 3 fully saturated rings. The molecule has 0 radical (unpaired) electrons. The predicted molar refractivity (Wildman–Crippen MR) is 135 cm³/mol. The summed E-state index contributed by atoms with van der Waals surface area (Å²) in [6, 6.07) is 20.0. The van der Waals surface area contributed by atoms with Crippen LogP contribution >= 0.6 is 0 Å². The fourth-order valence-electron chi connectivity index (χ4n) is 5.55. The summed E-state index contributed by atoms with van der Waals surface area (Å²) >= 11 is 0. The van der Waals surface area contributed by atoms with E-state index in [1.54, 1.807) is 4.90 Å². The van der Waals surface area contributed by atoms with Crippen molar-refractivity contribution < 1.29 is 14.4 Å². The van der Waals surface area contributed by atoms with Crippen molar-refractivity contribution in [2.24, 2.45) is 5.92 Å². The minimum Gasteiger partial charge on any atom is -0.354 e. The van der Waals surface area contributed by atoms with Gasteiger partial charge in [-0.2, -0.15) is 0 Å². The topological polar surface area (TPSA) is 73.0 Å². The van der Waals surface area contributed by atoms with E-state index in [-0.39, 0.29) is 30.2 Å². The molecule has 1 spiro atoms. The Morgan fingerprint density at radius 3 is 2.23 bits per heavy atom. The summed E-state index contributed by atoms with van der Waals surface area (Å²) in [5.41, 5.74) is 1.44. The summed E-state index contributed by atoms with van der Waals surface area (Å²) in [5.74, 6) is 0.273. The van der Waals surface area contributed by atoms with Gasteiger partial charge >= 0.3 is 0 Å². The molecule has 0 aromatic heterocycles. The van der Waals surface area contributed by atoms with Gasteiger partial charge in [-0.3, -0.25) is 14.4 Å². The average molecular weight is 475 g/mol. The molecule has 2 aromatic carbocycles. The van der Waals surface area contributed by atoms with Gasteiger partial charge in [-0.05, 0) is 49.8 Å². The van der Waals surface area contributed by atoms with Crippen LogP contribution in [-0.4, -0.2) is 65.9 Å². The molecular weight excluding hydrogens is 440 g/mol. The number of nitrogens with one attached hydrogen (secondary N) is 1. The zero-order valence-electron chi connectivity index (χ0n) is 20.2. The Balaban J connectivity index is 1.25. The second-order valence-corrected chi connectivity index (χ2v) is 9.98. The molecule has 2 aromatic rings. The number of benzene rings is 2. The van der Waals surface area contributed by atoms with E-state index in [0.717, 1.165) is 31.4 Å². The Morgan fingerprint density at radius 2 is 1.60 bits per heavy atom. The Morgan fingerprint density at radius 1 is 0.943 bits per heavy atom. The van der Waals surface area contributed by atoms with Crippen LogP contribution in [-0.2, 0) is 20.8 Å². The number of rotatable bonds is 7. The van der Waals surface area contributed by atoms with Crippen LogP contribution in [0.5, 0.6) is 0 Å². The highest BCUT2D eigenvalue weighted by Crippen LogP contribution is 2.40. The minimum absolute atomic E-state index is 0.00435. The molecule has 7 nitrogen and oxygen atoms in total. The molecule has 2 aliphatic heterocycles. The van der Waals surface area contributed by atoms with Gasteiger partial charge in [0, 0.05) is 31.2 Å². The van der Waals surface area contributed by atoms with Crippen molar-refractivity contribution in [3.63, 3.8) is 0 Å². The van der Waals surface area contributed by atoms with Crippen molar-refractivity contribution in [2.75, 3.05) is 37.7 Å². The van der Waals surface area contributed by atoms with Crippen LogP contribution in [0.4, 0.5) is 5.69 Å². The normalized spacial score (nSPS) is 19.7. The molecule has 3 aliphatic rings. The van der Waals surface area contributed by atoms with E-state index >= 15 is 0 Å². The average Bonchev–Trinajstić information content (AvgIpc) is 3.10. The van der Waals surface area contributed by atoms with Gasteiger partial charge < -0.3 is 20.0 Å². The van der Waals surface area contributed by atoms with Crippen LogP contribution in [0.1, 0.15) is 37.7 Å². The molecule has 5 rings (SSSR count). The van der Waals surface area contributed by atoms with E-state index in [4.69, 9.17) is 0 Å².